The number of carbonyl (C=O) groups excluding carboxylic acids is 1. The molecular weight excluding hydrogens is 400 g/mol. The van der Waals surface area contributed by atoms with Crippen molar-refractivity contribution in [3.05, 3.63) is 72.8 Å². The maximum Gasteiger partial charge on any atom is 0.245 e. The lowest BCUT2D eigenvalue weighted by Gasteiger charge is -2.15. The fourth-order valence-corrected chi connectivity index (χ4v) is 4.01. The molecule has 0 radical (unpaired) electrons. The average molecular weight is 422 g/mol. The van der Waals surface area contributed by atoms with Crippen LogP contribution in [0.1, 0.15) is 17.7 Å². The summed E-state index contributed by atoms with van der Waals surface area (Å²) >= 11 is 0. The zero-order valence-corrected chi connectivity index (χ0v) is 17.5. The monoisotopic (exact) mass is 422 g/mol. The van der Waals surface area contributed by atoms with Crippen molar-refractivity contribution < 1.29 is 4.79 Å². The highest BCUT2D eigenvalue weighted by molar-refractivity contribution is 5.89. The van der Waals surface area contributed by atoms with Crippen molar-refractivity contribution in [1.82, 2.24) is 24.8 Å². The second kappa shape index (κ2) is 8.52. The molecular formula is C25H22N6O. The summed E-state index contributed by atoms with van der Waals surface area (Å²) in [5, 5.41) is 5.39. The molecule has 1 aliphatic heterocycles. The van der Waals surface area contributed by atoms with E-state index < -0.39 is 0 Å². The minimum absolute atomic E-state index is 0.00606. The molecule has 1 amide bonds. The van der Waals surface area contributed by atoms with Gasteiger partial charge in [0.1, 0.15) is 17.8 Å². The molecule has 0 spiro atoms. The lowest BCUT2D eigenvalue weighted by molar-refractivity contribution is -0.125. The van der Waals surface area contributed by atoms with Crippen LogP contribution in [0.2, 0.25) is 0 Å². The number of nitrogens with zero attached hydrogens (tertiary/aromatic N) is 4. The van der Waals surface area contributed by atoms with Crippen molar-refractivity contribution in [2.45, 2.75) is 6.42 Å². The Morgan fingerprint density at radius 3 is 3.09 bits per heavy atom. The first-order chi connectivity index (χ1) is 15.7. The molecule has 1 unspecified atom stereocenters. The van der Waals surface area contributed by atoms with Crippen LogP contribution in [-0.2, 0) is 4.79 Å². The zero-order chi connectivity index (χ0) is 21.9. The number of fused-ring (bicyclic) bond motifs is 2. The fraction of sp³-hybridized carbons (Fsp3) is 0.200. The standard InChI is InChI=1S/C25H22N6O/c1-2-23(32)31-11-9-18(15-31)14-27-24-21-13-20(30-25(21)29-16-28-24)7-5-17-6-8-22-19(12-17)4-3-10-26-22/h2-4,6,8,10,12-13,16,18H,1,9,11,14-15H2,(H2,27,28,29,30). The lowest BCUT2D eigenvalue weighted by Crippen LogP contribution is -2.28. The largest absolute Gasteiger partial charge is 0.369 e. The number of rotatable bonds is 4. The number of aromatic amines is 1. The molecule has 7 heteroatoms. The summed E-state index contributed by atoms with van der Waals surface area (Å²) in [6.07, 6.45) is 5.66. The fourth-order valence-electron chi connectivity index (χ4n) is 4.01. The lowest BCUT2D eigenvalue weighted by atomic mass is 10.1. The van der Waals surface area contributed by atoms with Crippen molar-refractivity contribution in [2.24, 2.45) is 5.92 Å². The van der Waals surface area contributed by atoms with E-state index in [4.69, 9.17) is 0 Å². The Labute approximate surface area is 185 Å². The van der Waals surface area contributed by atoms with Crippen LogP contribution in [0.4, 0.5) is 5.82 Å². The molecule has 5 rings (SSSR count). The van der Waals surface area contributed by atoms with Gasteiger partial charge in [0.15, 0.2) is 0 Å². The average Bonchev–Trinajstić information content (AvgIpc) is 3.48. The molecule has 7 nitrogen and oxygen atoms in total. The number of hydrogen-bond acceptors (Lipinski definition) is 5. The predicted octanol–water partition coefficient (Wildman–Crippen LogP) is 3.35. The molecule has 1 atom stereocenters. The number of aromatic nitrogens is 4. The van der Waals surface area contributed by atoms with Crippen LogP contribution < -0.4 is 5.32 Å². The van der Waals surface area contributed by atoms with Gasteiger partial charge in [-0.05, 0) is 54.7 Å². The maximum absolute atomic E-state index is 11.8. The zero-order valence-electron chi connectivity index (χ0n) is 17.5. The van der Waals surface area contributed by atoms with E-state index >= 15 is 0 Å². The third-order valence-corrected chi connectivity index (χ3v) is 5.70. The Balaban J connectivity index is 1.32. The van der Waals surface area contributed by atoms with Gasteiger partial charge in [-0.3, -0.25) is 9.78 Å². The number of H-pyrrole nitrogens is 1. The van der Waals surface area contributed by atoms with E-state index in [1.165, 1.54) is 12.4 Å². The summed E-state index contributed by atoms with van der Waals surface area (Å²) < 4.78 is 0. The summed E-state index contributed by atoms with van der Waals surface area (Å²) in [6, 6.07) is 11.9. The van der Waals surface area contributed by atoms with Crippen LogP contribution in [0, 0.1) is 17.8 Å². The quantitative estimate of drug-likeness (QED) is 0.389. The summed E-state index contributed by atoms with van der Waals surface area (Å²) in [5.74, 6) is 7.54. The summed E-state index contributed by atoms with van der Waals surface area (Å²) in [4.78, 5) is 30.0. The van der Waals surface area contributed by atoms with Crippen LogP contribution in [0.25, 0.3) is 21.9 Å². The number of benzene rings is 1. The highest BCUT2D eigenvalue weighted by Crippen LogP contribution is 2.22. The Morgan fingerprint density at radius 1 is 1.25 bits per heavy atom. The second-order valence-electron chi connectivity index (χ2n) is 7.85. The molecule has 158 valence electrons. The van der Waals surface area contributed by atoms with E-state index in [9.17, 15) is 4.79 Å². The van der Waals surface area contributed by atoms with Crippen LogP contribution in [0.5, 0.6) is 0 Å². The molecule has 4 aromatic rings. The predicted molar refractivity (Wildman–Crippen MR) is 125 cm³/mol. The Hall–Kier alpha value is -4.18. The van der Waals surface area contributed by atoms with Crippen LogP contribution in [0.3, 0.4) is 0 Å². The highest BCUT2D eigenvalue weighted by Gasteiger charge is 2.24. The van der Waals surface area contributed by atoms with Gasteiger partial charge in [0.2, 0.25) is 5.91 Å². The van der Waals surface area contributed by atoms with Crippen molar-refractivity contribution in [3.63, 3.8) is 0 Å². The van der Waals surface area contributed by atoms with Crippen molar-refractivity contribution in [2.75, 3.05) is 25.0 Å². The Kier molecular flexibility index (Phi) is 5.26. The van der Waals surface area contributed by atoms with E-state index in [2.05, 4.69) is 43.7 Å². The molecule has 1 aliphatic rings. The van der Waals surface area contributed by atoms with Gasteiger partial charge in [0.25, 0.3) is 0 Å². The Bertz CT molecular complexity index is 1380. The number of amides is 1. The van der Waals surface area contributed by atoms with Crippen molar-refractivity contribution >= 4 is 33.7 Å². The Morgan fingerprint density at radius 2 is 2.19 bits per heavy atom. The molecule has 32 heavy (non-hydrogen) atoms. The van der Waals surface area contributed by atoms with E-state index in [1.54, 1.807) is 6.20 Å². The van der Waals surface area contributed by atoms with Crippen LogP contribution in [-0.4, -0.2) is 50.4 Å². The van der Waals surface area contributed by atoms with Crippen LogP contribution in [0.15, 0.2) is 61.6 Å². The van der Waals surface area contributed by atoms with E-state index in [0.29, 0.717) is 5.92 Å². The third-order valence-electron chi connectivity index (χ3n) is 5.70. The number of nitrogens with one attached hydrogen (secondary N) is 2. The minimum Gasteiger partial charge on any atom is -0.369 e. The topological polar surface area (TPSA) is 86.8 Å². The number of likely N-dealkylation sites (tertiary alicyclic amines) is 1. The normalized spacial score (nSPS) is 15.5. The smallest absolute Gasteiger partial charge is 0.245 e. The van der Waals surface area contributed by atoms with Gasteiger partial charge >= 0.3 is 0 Å². The highest BCUT2D eigenvalue weighted by atomic mass is 16.2. The summed E-state index contributed by atoms with van der Waals surface area (Å²) in [7, 11) is 0. The van der Waals surface area contributed by atoms with E-state index in [0.717, 1.165) is 65.1 Å². The van der Waals surface area contributed by atoms with Gasteiger partial charge in [-0.15, -0.1) is 0 Å². The molecule has 0 bridgehead atoms. The van der Waals surface area contributed by atoms with Gasteiger partial charge in [-0.2, -0.15) is 0 Å². The SMILES string of the molecule is C=CC(=O)N1CCC(CNc2ncnc3[nH]c(C#Cc4ccc5ncccc5c4)cc23)C1. The molecule has 3 aromatic heterocycles. The molecule has 0 aliphatic carbocycles. The van der Waals surface area contributed by atoms with Crippen molar-refractivity contribution in [1.29, 1.82) is 0 Å². The number of hydrogen-bond donors (Lipinski definition) is 2. The van der Waals surface area contributed by atoms with Gasteiger partial charge in [-0.25, -0.2) is 9.97 Å². The molecule has 4 heterocycles. The first kappa shape index (κ1) is 19.8. The summed E-state index contributed by atoms with van der Waals surface area (Å²) in [6.45, 7) is 5.81. The first-order valence-corrected chi connectivity index (χ1v) is 10.6. The number of carbonyl (C=O) groups is 1. The first-order valence-electron chi connectivity index (χ1n) is 10.6. The van der Waals surface area contributed by atoms with Gasteiger partial charge in [0, 0.05) is 36.8 Å². The molecule has 1 saturated heterocycles. The summed E-state index contributed by atoms with van der Waals surface area (Å²) in [5.41, 5.74) is 3.39. The van der Waals surface area contributed by atoms with Gasteiger partial charge in [0.05, 0.1) is 16.6 Å². The van der Waals surface area contributed by atoms with Crippen molar-refractivity contribution in [3.8, 4) is 11.8 Å². The minimum atomic E-state index is -0.00606. The molecule has 1 fully saturated rings. The van der Waals surface area contributed by atoms with Gasteiger partial charge < -0.3 is 15.2 Å². The number of anilines is 1. The van der Waals surface area contributed by atoms with Crippen LogP contribution >= 0.6 is 0 Å². The maximum atomic E-state index is 11.8. The van der Waals surface area contributed by atoms with Gasteiger partial charge in [-0.1, -0.05) is 18.6 Å². The third kappa shape index (κ3) is 4.03. The molecule has 2 N–H and O–H groups in total. The second-order valence-corrected chi connectivity index (χ2v) is 7.85. The number of pyridine rings is 1. The molecule has 0 saturated carbocycles. The molecule has 1 aromatic carbocycles. The van der Waals surface area contributed by atoms with E-state index in [-0.39, 0.29) is 5.91 Å². The van der Waals surface area contributed by atoms with E-state index in [1.807, 2.05) is 41.3 Å².